The molecule has 0 aliphatic heterocycles. The van der Waals surface area contributed by atoms with Crippen molar-refractivity contribution < 1.29 is 21.9 Å². The van der Waals surface area contributed by atoms with Crippen molar-refractivity contribution in [1.29, 1.82) is 0 Å². The lowest BCUT2D eigenvalue weighted by Crippen LogP contribution is -2.09. The van der Waals surface area contributed by atoms with Gasteiger partial charge in [0, 0.05) is 6.07 Å². The van der Waals surface area contributed by atoms with Gasteiger partial charge in [0.2, 0.25) is 5.24 Å². The molecule has 0 atom stereocenters. The summed E-state index contributed by atoms with van der Waals surface area (Å²) >= 11 is 6.42. The van der Waals surface area contributed by atoms with Gasteiger partial charge in [0.05, 0.1) is 11.5 Å². The van der Waals surface area contributed by atoms with Crippen molar-refractivity contribution in [1.82, 2.24) is 5.16 Å². The first-order valence-corrected chi connectivity index (χ1v) is 8.63. The van der Waals surface area contributed by atoms with E-state index in [1.807, 2.05) is 0 Å². The minimum atomic E-state index is -3.94. The van der Waals surface area contributed by atoms with Crippen molar-refractivity contribution in [2.24, 2.45) is 0 Å². The third kappa shape index (κ3) is 4.76. The minimum Gasteiger partial charge on any atom is -0.357 e. The Morgan fingerprint density at radius 2 is 2.05 bits per heavy atom. The van der Waals surface area contributed by atoms with Crippen molar-refractivity contribution in [3.8, 4) is 5.88 Å². The number of thioether (sulfide) groups is 1. The maximum absolute atomic E-state index is 11.9. The lowest BCUT2D eigenvalue weighted by atomic mass is 10.4. The van der Waals surface area contributed by atoms with Crippen LogP contribution in [0.2, 0.25) is 0 Å². The van der Waals surface area contributed by atoms with Crippen molar-refractivity contribution in [3.05, 3.63) is 42.2 Å². The summed E-state index contributed by atoms with van der Waals surface area (Å²) in [6.45, 7) is 0. The zero-order valence-corrected chi connectivity index (χ0v) is 13.0. The average molecular weight is 348 g/mol. The Balaban J connectivity index is 2.01. The van der Waals surface area contributed by atoms with Crippen molar-refractivity contribution in [3.63, 3.8) is 0 Å². The summed E-state index contributed by atoms with van der Waals surface area (Å²) in [4.78, 5) is 10.6. The first-order chi connectivity index (χ1) is 9.97. The van der Waals surface area contributed by atoms with E-state index in [-0.39, 0.29) is 16.5 Å². The number of hydrogen-bond donors (Lipinski definition) is 0. The smallest absolute Gasteiger partial charge is 0.340 e. The summed E-state index contributed by atoms with van der Waals surface area (Å²) in [7, 11) is -3.94. The van der Waals surface area contributed by atoms with Gasteiger partial charge in [0.15, 0.2) is 5.76 Å². The molecule has 0 aliphatic rings. The van der Waals surface area contributed by atoms with Gasteiger partial charge in [-0.05, 0) is 28.9 Å². The van der Waals surface area contributed by atoms with Gasteiger partial charge in [-0.25, -0.2) is 0 Å². The molecule has 2 rings (SSSR count). The Morgan fingerprint density at radius 3 is 2.71 bits per heavy atom. The van der Waals surface area contributed by atoms with Gasteiger partial charge in [-0.1, -0.05) is 18.2 Å². The molecule has 0 fully saturated rings. The van der Waals surface area contributed by atoms with Gasteiger partial charge in [0.1, 0.15) is 4.90 Å². The van der Waals surface area contributed by atoms with Crippen LogP contribution in [0.5, 0.6) is 5.88 Å². The number of nitrogens with zero attached hydrogens (tertiary/aromatic N) is 1. The summed E-state index contributed by atoms with van der Waals surface area (Å²) in [5.41, 5.74) is 0. The van der Waals surface area contributed by atoms with Crippen molar-refractivity contribution in [2.75, 3.05) is 5.75 Å². The van der Waals surface area contributed by atoms with Crippen molar-refractivity contribution in [2.45, 2.75) is 10.6 Å². The first kappa shape index (κ1) is 15.9. The van der Waals surface area contributed by atoms with Crippen LogP contribution in [-0.2, 0) is 20.7 Å². The summed E-state index contributed by atoms with van der Waals surface area (Å²) in [6, 6.07) is 9.06. The van der Waals surface area contributed by atoms with Crippen LogP contribution < -0.4 is 4.18 Å². The van der Waals surface area contributed by atoms with Crippen LogP contribution in [0, 0.1) is 0 Å². The fraction of sp³-hybridized carbons (Fsp3) is 0.167. The summed E-state index contributed by atoms with van der Waals surface area (Å²) in [6.07, 6.45) is 0. The van der Waals surface area contributed by atoms with Crippen LogP contribution in [-0.4, -0.2) is 24.6 Å². The number of halogens is 1. The molecule has 0 aliphatic carbocycles. The molecule has 0 bridgehead atoms. The van der Waals surface area contributed by atoms with Crippen LogP contribution in [0.25, 0.3) is 0 Å². The second kappa shape index (κ2) is 6.97. The monoisotopic (exact) mass is 347 g/mol. The molecule has 6 nitrogen and oxygen atoms in total. The second-order valence-electron chi connectivity index (χ2n) is 3.83. The predicted octanol–water partition coefficient (Wildman–Crippen LogP) is 2.44. The highest BCUT2D eigenvalue weighted by Crippen LogP contribution is 2.21. The number of aromatic nitrogens is 1. The molecule has 112 valence electrons. The Hall–Kier alpha value is -1.51. The minimum absolute atomic E-state index is 0.0247. The van der Waals surface area contributed by atoms with E-state index < -0.39 is 15.4 Å². The van der Waals surface area contributed by atoms with Crippen LogP contribution in [0.3, 0.4) is 0 Å². The Labute approximate surface area is 130 Å². The third-order valence-electron chi connectivity index (χ3n) is 2.22. The SMILES string of the molecule is O=C(Cl)CSCc1cc(OS(=O)(=O)c2ccccc2)no1. The molecule has 0 unspecified atom stereocenters. The lowest BCUT2D eigenvalue weighted by molar-refractivity contribution is -0.109. The summed E-state index contributed by atoms with van der Waals surface area (Å²) in [5.74, 6) is 0.684. The molecular formula is C12H10ClNO5S2. The average Bonchev–Trinajstić information content (AvgIpc) is 2.86. The van der Waals surface area contributed by atoms with Gasteiger partial charge in [-0.15, -0.1) is 11.8 Å². The third-order valence-corrected chi connectivity index (χ3v) is 4.71. The van der Waals surface area contributed by atoms with Crippen LogP contribution >= 0.6 is 23.4 Å². The Kier molecular flexibility index (Phi) is 5.27. The van der Waals surface area contributed by atoms with E-state index in [0.29, 0.717) is 11.5 Å². The maximum atomic E-state index is 11.9. The number of benzene rings is 1. The number of hydrogen-bond acceptors (Lipinski definition) is 7. The number of rotatable bonds is 7. The molecule has 2 aromatic rings. The van der Waals surface area contributed by atoms with E-state index in [1.54, 1.807) is 18.2 Å². The fourth-order valence-electron chi connectivity index (χ4n) is 1.38. The van der Waals surface area contributed by atoms with Crippen molar-refractivity contribution >= 4 is 38.7 Å². The van der Waals surface area contributed by atoms with E-state index in [9.17, 15) is 13.2 Å². The van der Waals surface area contributed by atoms with Gasteiger partial charge >= 0.3 is 10.1 Å². The molecule has 0 amide bonds. The molecule has 1 heterocycles. The van der Waals surface area contributed by atoms with Gasteiger partial charge < -0.3 is 8.71 Å². The molecule has 0 N–H and O–H groups in total. The maximum Gasteiger partial charge on any atom is 0.340 e. The van der Waals surface area contributed by atoms with E-state index in [0.717, 1.165) is 0 Å². The highest BCUT2D eigenvalue weighted by molar-refractivity contribution is 7.99. The quantitative estimate of drug-likeness (QED) is 0.561. The lowest BCUT2D eigenvalue weighted by Gasteiger charge is -2.02. The molecule has 9 heteroatoms. The zero-order valence-electron chi connectivity index (χ0n) is 10.6. The predicted molar refractivity (Wildman–Crippen MR) is 77.8 cm³/mol. The van der Waals surface area contributed by atoms with E-state index in [4.69, 9.17) is 20.3 Å². The fourth-order valence-corrected chi connectivity index (χ4v) is 3.10. The normalized spacial score (nSPS) is 11.3. The molecular weight excluding hydrogens is 338 g/mol. The first-order valence-electron chi connectivity index (χ1n) is 5.68. The van der Waals surface area contributed by atoms with Gasteiger partial charge in [-0.2, -0.15) is 8.42 Å². The number of carbonyl (C=O) groups is 1. The summed E-state index contributed by atoms with van der Waals surface area (Å²) in [5, 5.41) is 3.05. The molecule has 0 saturated heterocycles. The molecule has 1 aromatic heterocycles. The Bertz CT molecular complexity index is 714. The van der Waals surface area contributed by atoms with E-state index in [1.165, 1.54) is 30.0 Å². The highest BCUT2D eigenvalue weighted by atomic mass is 35.5. The molecule has 0 spiro atoms. The van der Waals surface area contributed by atoms with Crippen LogP contribution in [0.1, 0.15) is 5.76 Å². The van der Waals surface area contributed by atoms with Crippen LogP contribution in [0.4, 0.5) is 0 Å². The van der Waals surface area contributed by atoms with Gasteiger partial charge in [0.25, 0.3) is 5.88 Å². The zero-order chi connectivity index (χ0) is 15.3. The summed E-state index contributed by atoms with van der Waals surface area (Å²) < 4.78 is 33.7. The molecule has 0 radical (unpaired) electrons. The second-order valence-corrected chi connectivity index (χ2v) is 6.78. The Morgan fingerprint density at radius 1 is 1.33 bits per heavy atom. The molecule has 1 aromatic carbocycles. The van der Waals surface area contributed by atoms with Crippen LogP contribution in [0.15, 0.2) is 45.8 Å². The number of carbonyl (C=O) groups excluding carboxylic acids is 1. The molecule has 21 heavy (non-hydrogen) atoms. The largest absolute Gasteiger partial charge is 0.357 e. The molecule has 0 saturated carbocycles. The van der Waals surface area contributed by atoms with Gasteiger partial charge in [-0.3, -0.25) is 4.79 Å². The van der Waals surface area contributed by atoms with E-state index in [2.05, 4.69) is 5.16 Å². The standard InChI is InChI=1S/C12H10ClNO5S2/c13-11(15)8-20-7-9-6-12(14-18-9)19-21(16,17)10-4-2-1-3-5-10/h1-6H,7-8H2. The topological polar surface area (TPSA) is 86.5 Å². The highest BCUT2D eigenvalue weighted by Gasteiger charge is 2.18. The van der Waals surface area contributed by atoms with E-state index >= 15 is 0 Å².